The second-order valence-electron chi connectivity index (χ2n) is 7.31. The van der Waals surface area contributed by atoms with E-state index in [1.165, 1.54) is 23.0 Å². The highest BCUT2D eigenvalue weighted by Crippen LogP contribution is 2.20. The van der Waals surface area contributed by atoms with E-state index in [4.69, 9.17) is 4.42 Å². The molecule has 0 bridgehead atoms. The van der Waals surface area contributed by atoms with E-state index in [2.05, 4.69) is 68.0 Å². The molecule has 26 heavy (non-hydrogen) atoms. The van der Waals surface area contributed by atoms with Crippen LogP contribution in [-0.2, 0) is 13.1 Å². The van der Waals surface area contributed by atoms with Crippen LogP contribution in [0.2, 0.25) is 0 Å². The molecular weight excluding hydrogens is 326 g/mol. The summed E-state index contributed by atoms with van der Waals surface area (Å²) in [5, 5.41) is 2.75. The number of benzene rings is 1. The van der Waals surface area contributed by atoms with Crippen LogP contribution in [0.1, 0.15) is 60.8 Å². The normalized spacial score (nSPS) is 12.6. The first-order valence-electron chi connectivity index (χ1n) is 9.34. The maximum Gasteiger partial charge on any atom is 0.273 e. The van der Waals surface area contributed by atoms with Crippen molar-refractivity contribution in [3.8, 4) is 0 Å². The summed E-state index contributed by atoms with van der Waals surface area (Å²) in [4.78, 5) is 18.6. The molecule has 1 aromatic heterocycles. The molecule has 0 aliphatic rings. The molecule has 0 fully saturated rings. The first-order chi connectivity index (χ1) is 12.3. The summed E-state index contributed by atoms with van der Waals surface area (Å²) in [7, 11) is 0. The van der Waals surface area contributed by atoms with Crippen molar-refractivity contribution in [3.63, 3.8) is 0 Å². The molecule has 0 saturated carbocycles. The van der Waals surface area contributed by atoms with Gasteiger partial charge in [-0.1, -0.05) is 37.6 Å². The minimum absolute atomic E-state index is 0.194. The van der Waals surface area contributed by atoms with Gasteiger partial charge in [-0.3, -0.25) is 9.69 Å². The van der Waals surface area contributed by atoms with Gasteiger partial charge < -0.3 is 9.73 Å². The Bertz CT molecular complexity index is 737. The van der Waals surface area contributed by atoms with Gasteiger partial charge in [0.05, 0.1) is 6.54 Å². The van der Waals surface area contributed by atoms with Crippen molar-refractivity contribution in [3.05, 3.63) is 52.7 Å². The van der Waals surface area contributed by atoms with E-state index in [-0.39, 0.29) is 5.91 Å². The molecule has 1 heterocycles. The smallest absolute Gasteiger partial charge is 0.273 e. The first kappa shape index (κ1) is 20.2. The van der Waals surface area contributed by atoms with Crippen LogP contribution >= 0.6 is 0 Å². The Morgan fingerprint density at radius 3 is 2.58 bits per heavy atom. The lowest BCUT2D eigenvalue weighted by atomic mass is 10.0. The molecule has 0 spiro atoms. The van der Waals surface area contributed by atoms with Crippen molar-refractivity contribution < 1.29 is 9.21 Å². The lowest BCUT2D eigenvalue weighted by Crippen LogP contribution is -2.36. The highest BCUT2D eigenvalue weighted by atomic mass is 16.3. The van der Waals surface area contributed by atoms with Gasteiger partial charge in [-0.15, -0.1) is 0 Å². The number of rotatable bonds is 8. The Balaban J connectivity index is 2.18. The summed E-state index contributed by atoms with van der Waals surface area (Å²) in [5.74, 6) is 0.877. The minimum Gasteiger partial charge on any atom is -0.447 e. The molecule has 2 aromatic rings. The van der Waals surface area contributed by atoms with Crippen LogP contribution < -0.4 is 5.32 Å². The van der Waals surface area contributed by atoms with Crippen molar-refractivity contribution in [1.82, 2.24) is 15.2 Å². The molecule has 142 valence electrons. The van der Waals surface area contributed by atoms with Gasteiger partial charge in [-0.2, -0.15) is 0 Å². The van der Waals surface area contributed by atoms with Crippen molar-refractivity contribution >= 4 is 5.91 Å². The van der Waals surface area contributed by atoms with Crippen LogP contribution in [0.15, 0.2) is 28.9 Å². The first-order valence-corrected chi connectivity index (χ1v) is 9.34. The van der Waals surface area contributed by atoms with Crippen molar-refractivity contribution in [2.45, 2.75) is 60.7 Å². The lowest BCUT2D eigenvalue weighted by molar-refractivity contribution is 0.0950. The van der Waals surface area contributed by atoms with Gasteiger partial charge in [0.25, 0.3) is 5.91 Å². The summed E-state index contributed by atoms with van der Waals surface area (Å²) in [6.45, 7) is 14.8. The van der Waals surface area contributed by atoms with Gasteiger partial charge >= 0.3 is 0 Å². The molecule has 0 saturated heterocycles. The lowest BCUT2D eigenvalue weighted by Gasteiger charge is -2.31. The van der Waals surface area contributed by atoms with Crippen LogP contribution in [-0.4, -0.2) is 28.4 Å². The molecule has 1 amide bonds. The van der Waals surface area contributed by atoms with E-state index < -0.39 is 0 Å². The predicted octanol–water partition coefficient (Wildman–Crippen LogP) is 4.09. The maximum absolute atomic E-state index is 11.9. The number of oxazole rings is 1. The second-order valence-corrected chi connectivity index (χ2v) is 7.31. The van der Waals surface area contributed by atoms with Crippen molar-refractivity contribution in [2.24, 2.45) is 5.92 Å². The quantitative estimate of drug-likeness (QED) is 0.773. The third-order valence-electron chi connectivity index (χ3n) is 4.87. The van der Waals surface area contributed by atoms with Gasteiger partial charge in [-0.05, 0) is 44.7 Å². The van der Waals surface area contributed by atoms with Gasteiger partial charge in [0.1, 0.15) is 6.26 Å². The molecule has 1 aromatic carbocycles. The Labute approximate surface area is 156 Å². The molecule has 0 radical (unpaired) electrons. The van der Waals surface area contributed by atoms with E-state index in [1.807, 2.05) is 6.92 Å². The Hall–Kier alpha value is -2.14. The van der Waals surface area contributed by atoms with E-state index in [0.717, 1.165) is 6.54 Å². The van der Waals surface area contributed by atoms with Crippen LogP contribution in [0, 0.1) is 19.8 Å². The monoisotopic (exact) mass is 357 g/mol. The average molecular weight is 357 g/mol. The maximum atomic E-state index is 11.9. The fourth-order valence-electron chi connectivity index (χ4n) is 2.92. The molecule has 1 N–H and O–H groups in total. The molecule has 0 aliphatic heterocycles. The SMILES string of the molecule is CCNC(=O)c1coc(CN(Cc2ccc(C)cc2C)[C@H](C)C(C)C)n1. The summed E-state index contributed by atoms with van der Waals surface area (Å²) < 4.78 is 5.57. The van der Waals surface area contributed by atoms with Crippen molar-refractivity contribution in [1.29, 1.82) is 0 Å². The standard InChI is InChI=1S/C21H31N3O2/c1-7-22-21(25)19-13-26-20(23-19)12-24(17(6)14(2)3)11-18-9-8-15(4)10-16(18)5/h8-10,13-14,17H,7,11-12H2,1-6H3,(H,22,25)/t17-/m1/s1. The van der Waals surface area contributed by atoms with E-state index in [9.17, 15) is 4.79 Å². The molecule has 0 unspecified atom stereocenters. The summed E-state index contributed by atoms with van der Waals surface area (Å²) in [6, 6.07) is 6.92. The Morgan fingerprint density at radius 2 is 1.96 bits per heavy atom. The summed E-state index contributed by atoms with van der Waals surface area (Å²) >= 11 is 0. The van der Waals surface area contributed by atoms with Crippen molar-refractivity contribution in [2.75, 3.05) is 6.54 Å². The Kier molecular flexibility index (Phi) is 6.98. The van der Waals surface area contributed by atoms with Crippen LogP contribution in [0.5, 0.6) is 0 Å². The van der Waals surface area contributed by atoms with Crippen LogP contribution in [0.3, 0.4) is 0 Å². The van der Waals surface area contributed by atoms with E-state index in [1.54, 1.807) is 0 Å². The molecule has 2 rings (SSSR count). The highest BCUT2D eigenvalue weighted by Gasteiger charge is 2.21. The second kappa shape index (κ2) is 8.99. The topological polar surface area (TPSA) is 58.4 Å². The van der Waals surface area contributed by atoms with Gasteiger partial charge in [-0.25, -0.2) is 4.98 Å². The third kappa shape index (κ3) is 5.18. The number of hydrogen-bond acceptors (Lipinski definition) is 4. The van der Waals surface area contributed by atoms with E-state index in [0.29, 0.717) is 36.6 Å². The largest absolute Gasteiger partial charge is 0.447 e. The number of aromatic nitrogens is 1. The van der Waals surface area contributed by atoms with E-state index >= 15 is 0 Å². The molecule has 5 heteroatoms. The van der Waals surface area contributed by atoms with Gasteiger partial charge in [0, 0.05) is 19.1 Å². The zero-order valence-corrected chi connectivity index (χ0v) is 16.8. The number of nitrogens with one attached hydrogen (secondary N) is 1. The average Bonchev–Trinajstić information content (AvgIpc) is 3.04. The molecular formula is C21H31N3O2. The fourth-order valence-corrected chi connectivity index (χ4v) is 2.92. The fraction of sp³-hybridized carbons (Fsp3) is 0.524. The third-order valence-corrected chi connectivity index (χ3v) is 4.87. The zero-order chi connectivity index (χ0) is 19.3. The number of carbonyl (C=O) groups is 1. The Morgan fingerprint density at radius 1 is 1.23 bits per heavy atom. The van der Waals surface area contributed by atoms with Gasteiger partial charge in [0.2, 0.25) is 5.89 Å². The molecule has 1 atom stereocenters. The summed E-state index contributed by atoms with van der Waals surface area (Å²) in [5.41, 5.74) is 4.21. The molecule has 5 nitrogen and oxygen atoms in total. The number of amides is 1. The van der Waals surface area contributed by atoms with Gasteiger partial charge in [0.15, 0.2) is 5.69 Å². The number of aryl methyl sites for hydroxylation is 2. The number of carbonyl (C=O) groups excluding carboxylic acids is 1. The van der Waals surface area contributed by atoms with Crippen LogP contribution in [0.25, 0.3) is 0 Å². The number of nitrogens with zero attached hydrogens (tertiary/aromatic N) is 2. The zero-order valence-electron chi connectivity index (χ0n) is 16.8. The number of hydrogen-bond donors (Lipinski definition) is 1. The minimum atomic E-state index is -0.194. The predicted molar refractivity (Wildman–Crippen MR) is 104 cm³/mol. The summed E-state index contributed by atoms with van der Waals surface area (Å²) in [6.07, 6.45) is 1.44. The van der Waals surface area contributed by atoms with Crippen LogP contribution in [0.4, 0.5) is 0 Å². The molecule has 0 aliphatic carbocycles. The highest BCUT2D eigenvalue weighted by molar-refractivity contribution is 5.91.